The van der Waals surface area contributed by atoms with E-state index in [9.17, 15) is 13.2 Å². The van der Waals surface area contributed by atoms with E-state index in [0.717, 1.165) is 4.88 Å². The van der Waals surface area contributed by atoms with Crippen LogP contribution in [0, 0.1) is 20.8 Å². The number of anilines is 1. The van der Waals surface area contributed by atoms with Crippen molar-refractivity contribution in [2.24, 2.45) is 0 Å². The summed E-state index contributed by atoms with van der Waals surface area (Å²) in [6, 6.07) is 0. The first kappa shape index (κ1) is 14.5. The van der Waals surface area contributed by atoms with E-state index >= 15 is 0 Å². The van der Waals surface area contributed by atoms with Gasteiger partial charge in [-0.05, 0) is 20.8 Å². The van der Waals surface area contributed by atoms with E-state index in [0.29, 0.717) is 0 Å². The number of carbonyl (C=O) groups is 1. The van der Waals surface area contributed by atoms with Gasteiger partial charge in [-0.15, -0.1) is 11.3 Å². The number of nitrogens with one attached hydrogen (secondary N) is 2. The number of thiazole rings is 1. The van der Waals surface area contributed by atoms with Gasteiger partial charge < -0.3 is 10.1 Å². The molecule has 0 aliphatic carbocycles. The molecular weight excluding hydrogens is 302 g/mol. The summed E-state index contributed by atoms with van der Waals surface area (Å²) in [4.78, 5) is 18.3. The molecule has 7 nitrogen and oxygen atoms in total. The minimum absolute atomic E-state index is 0.0530. The molecule has 2 aromatic rings. The number of rotatable bonds is 4. The van der Waals surface area contributed by atoms with Crippen molar-refractivity contribution in [2.45, 2.75) is 25.7 Å². The fraction of sp³-hybridized carbons (Fsp3) is 0.273. The van der Waals surface area contributed by atoms with Gasteiger partial charge in [-0.25, -0.2) is 18.2 Å². The molecular formula is C11H13N3O4S2. The smallest absolute Gasteiger partial charge is 0.352 e. The number of carboxylic acid groups (broad SMARTS) is 1. The molecule has 2 heterocycles. The van der Waals surface area contributed by atoms with E-state index in [4.69, 9.17) is 5.11 Å². The van der Waals surface area contributed by atoms with Crippen LogP contribution < -0.4 is 4.72 Å². The first-order chi connectivity index (χ1) is 9.22. The summed E-state index contributed by atoms with van der Waals surface area (Å²) in [5, 5.41) is 9.25. The highest BCUT2D eigenvalue weighted by Crippen LogP contribution is 2.27. The largest absolute Gasteiger partial charge is 0.477 e. The van der Waals surface area contributed by atoms with Gasteiger partial charge in [0.15, 0.2) is 5.13 Å². The molecule has 0 fully saturated rings. The van der Waals surface area contributed by atoms with Gasteiger partial charge in [0.25, 0.3) is 10.0 Å². The number of aromatic amines is 1. The third kappa shape index (κ3) is 2.54. The number of carboxylic acids is 1. The van der Waals surface area contributed by atoms with Crippen LogP contribution in [-0.4, -0.2) is 29.5 Å². The van der Waals surface area contributed by atoms with Crippen molar-refractivity contribution in [2.75, 3.05) is 4.72 Å². The van der Waals surface area contributed by atoms with Crippen molar-refractivity contribution in [1.29, 1.82) is 0 Å². The summed E-state index contributed by atoms with van der Waals surface area (Å²) < 4.78 is 27.0. The first-order valence-corrected chi connectivity index (χ1v) is 7.90. The second-order valence-electron chi connectivity index (χ2n) is 4.27. The van der Waals surface area contributed by atoms with Crippen molar-refractivity contribution in [3.05, 3.63) is 28.0 Å². The minimum atomic E-state index is -3.87. The lowest BCUT2D eigenvalue weighted by Crippen LogP contribution is -2.14. The van der Waals surface area contributed by atoms with Crippen LogP contribution in [0.5, 0.6) is 0 Å². The maximum absolute atomic E-state index is 12.3. The van der Waals surface area contributed by atoms with E-state index in [1.165, 1.54) is 25.2 Å². The Morgan fingerprint density at radius 1 is 1.40 bits per heavy atom. The maximum Gasteiger partial charge on any atom is 0.352 e. The molecule has 0 radical (unpaired) electrons. The van der Waals surface area contributed by atoms with Crippen LogP contribution >= 0.6 is 11.3 Å². The summed E-state index contributed by atoms with van der Waals surface area (Å²) in [6.07, 6.45) is 1.56. The Morgan fingerprint density at radius 2 is 2.05 bits per heavy atom. The summed E-state index contributed by atoms with van der Waals surface area (Å²) in [5.74, 6) is -1.20. The Bertz CT molecular complexity index is 774. The fourth-order valence-corrected chi connectivity index (χ4v) is 4.27. The molecule has 0 unspecified atom stereocenters. The molecule has 0 saturated carbocycles. The van der Waals surface area contributed by atoms with E-state index < -0.39 is 16.0 Å². The van der Waals surface area contributed by atoms with Crippen molar-refractivity contribution < 1.29 is 18.3 Å². The molecule has 0 aliphatic heterocycles. The number of aryl methyl sites for hydroxylation is 2. The highest BCUT2D eigenvalue weighted by atomic mass is 32.2. The van der Waals surface area contributed by atoms with Crippen molar-refractivity contribution in [3.63, 3.8) is 0 Å². The molecule has 108 valence electrons. The Morgan fingerprint density at radius 3 is 2.50 bits per heavy atom. The van der Waals surface area contributed by atoms with Gasteiger partial charge in [0.05, 0.1) is 0 Å². The average Bonchev–Trinajstić information content (AvgIpc) is 2.82. The van der Waals surface area contributed by atoms with Crippen LogP contribution in [0.15, 0.2) is 11.1 Å². The van der Waals surface area contributed by atoms with Crippen molar-refractivity contribution >= 4 is 32.5 Å². The normalized spacial score (nSPS) is 11.6. The predicted octanol–water partition coefficient (Wildman–Crippen LogP) is 1.90. The van der Waals surface area contributed by atoms with Gasteiger partial charge >= 0.3 is 5.97 Å². The summed E-state index contributed by atoms with van der Waals surface area (Å²) in [6.45, 7) is 4.78. The van der Waals surface area contributed by atoms with Crippen LogP contribution in [-0.2, 0) is 10.0 Å². The van der Waals surface area contributed by atoms with E-state index in [-0.39, 0.29) is 27.0 Å². The molecule has 9 heteroatoms. The lowest BCUT2D eigenvalue weighted by atomic mass is 10.2. The van der Waals surface area contributed by atoms with Crippen LogP contribution in [0.4, 0.5) is 5.13 Å². The SMILES string of the molecule is Cc1cnc(NS(=O)(=O)c2c(C)[nH]c(C(=O)O)c2C)s1. The first-order valence-electron chi connectivity index (χ1n) is 5.60. The van der Waals surface area contributed by atoms with E-state index in [1.807, 2.05) is 6.92 Å². The van der Waals surface area contributed by atoms with Gasteiger partial charge in [0, 0.05) is 22.3 Å². The van der Waals surface area contributed by atoms with Crippen LogP contribution in [0.1, 0.15) is 26.6 Å². The summed E-state index contributed by atoms with van der Waals surface area (Å²) in [7, 11) is -3.87. The zero-order valence-corrected chi connectivity index (χ0v) is 12.6. The third-order valence-electron chi connectivity index (χ3n) is 2.69. The topological polar surface area (TPSA) is 112 Å². The molecule has 0 atom stereocenters. The number of nitrogens with zero attached hydrogens (tertiary/aromatic N) is 1. The third-order valence-corrected chi connectivity index (χ3v) is 5.26. The zero-order valence-electron chi connectivity index (χ0n) is 11.0. The molecule has 0 saturated heterocycles. The molecule has 0 aromatic carbocycles. The van der Waals surface area contributed by atoms with Gasteiger partial charge in [-0.3, -0.25) is 4.72 Å². The van der Waals surface area contributed by atoms with Gasteiger partial charge in [0.1, 0.15) is 10.6 Å². The quantitative estimate of drug-likeness (QED) is 0.797. The van der Waals surface area contributed by atoms with Crippen molar-refractivity contribution in [1.82, 2.24) is 9.97 Å². The second-order valence-corrected chi connectivity index (χ2v) is 7.12. The van der Waals surface area contributed by atoms with Gasteiger partial charge in [-0.1, -0.05) is 0 Å². The lowest BCUT2D eigenvalue weighted by Gasteiger charge is -2.05. The molecule has 0 bridgehead atoms. The maximum atomic E-state index is 12.3. The Kier molecular flexibility index (Phi) is 3.57. The molecule has 2 rings (SSSR count). The molecule has 0 spiro atoms. The average molecular weight is 315 g/mol. The Hall–Kier alpha value is -1.87. The highest BCUT2D eigenvalue weighted by molar-refractivity contribution is 7.93. The second kappa shape index (κ2) is 4.91. The molecule has 3 N–H and O–H groups in total. The summed E-state index contributed by atoms with van der Waals surface area (Å²) in [5.41, 5.74) is 0.328. The fourth-order valence-electron chi connectivity index (χ4n) is 1.92. The Labute approximate surface area is 119 Å². The Balaban J connectivity index is 2.47. The standard InChI is InChI=1S/C11H13N3O4S2/c1-5-4-12-11(19-5)14-20(17,18)9-6(2)8(10(15)16)13-7(9)3/h4,13H,1-3H3,(H,12,14)(H,15,16). The van der Waals surface area contributed by atoms with Gasteiger partial charge in [-0.2, -0.15) is 0 Å². The zero-order chi connectivity index (χ0) is 15.1. The van der Waals surface area contributed by atoms with E-state index in [2.05, 4.69) is 14.7 Å². The number of sulfonamides is 1. The van der Waals surface area contributed by atoms with Crippen molar-refractivity contribution in [3.8, 4) is 0 Å². The van der Waals surface area contributed by atoms with Crippen LogP contribution in [0.25, 0.3) is 0 Å². The number of aromatic carboxylic acids is 1. The van der Waals surface area contributed by atoms with Crippen LogP contribution in [0.2, 0.25) is 0 Å². The summed E-state index contributed by atoms with van der Waals surface area (Å²) >= 11 is 1.21. The minimum Gasteiger partial charge on any atom is -0.477 e. The number of aromatic nitrogens is 2. The molecule has 0 aliphatic rings. The predicted molar refractivity (Wildman–Crippen MR) is 74.9 cm³/mol. The number of hydrogen-bond donors (Lipinski definition) is 3. The molecule has 0 amide bonds. The molecule has 20 heavy (non-hydrogen) atoms. The van der Waals surface area contributed by atoms with Gasteiger partial charge in [0.2, 0.25) is 0 Å². The lowest BCUT2D eigenvalue weighted by molar-refractivity contribution is 0.0690. The highest BCUT2D eigenvalue weighted by Gasteiger charge is 2.27. The number of hydrogen-bond acceptors (Lipinski definition) is 5. The van der Waals surface area contributed by atoms with E-state index in [1.54, 1.807) is 6.20 Å². The molecule has 2 aromatic heterocycles. The monoisotopic (exact) mass is 315 g/mol. The van der Waals surface area contributed by atoms with Crippen LogP contribution in [0.3, 0.4) is 0 Å². The number of H-pyrrole nitrogens is 1.